The second-order valence-electron chi connectivity index (χ2n) is 6.51. The number of carbonyl (C=O) groups is 1. The lowest BCUT2D eigenvalue weighted by Gasteiger charge is -2.11. The van der Waals surface area contributed by atoms with Gasteiger partial charge in [-0.25, -0.2) is 0 Å². The molecule has 0 unspecified atom stereocenters. The third-order valence-electron chi connectivity index (χ3n) is 4.50. The van der Waals surface area contributed by atoms with Gasteiger partial charge in [-0.3, -0.25) is 4.79 Å². The fraction of sp³-hybridized carbons (Fsp3) is 0.208. The molecule has 1 N–H and O–H groups in total. The van der Waals surface area contributed by atoms with Gasteiger partial charge in [0.1, 0.15) is 23.0 Å². The number of para-hydroxylation sites is 1. The Morgan fingerprint density at radius 1 is 0.828 bits per heavy atom. The highest BCUT2D eigenvalue weighted by Gasteiger charge is 2.08. The van der Waals surface area contributed by atoms with E-state index in [9.17, 15) is 4.79 Å². The zero-order valence-electron chi connectivity index (χ0n) is 16.7. The van der Waals surface area contributed by atoms with Crippen molar-refractivity contribution >= 4 is 5.91 Å². The van der Waals surface area contributed by atoms with E-state index in [1.165, 1.54) is 0 Å². The molecule has 0 saturated carbocycles. The maximum atomic E-state index is 12.2. The van der Waals surface area contributed by atoms with Crippen LogP contribution in [-0.4, -0.2) is 20.1 Å². The standard InChI is InChI=1S/C24H25NO4/c1-27-22-13-14-23(28-2)19(16-22)10-15-24(26)25-17-18-8-11-21(12-9-18)29-20-6-4-3-5-7-20/h3-9,11-14,16H,10,15,17H2,1-2H3,(H,25,26). The summed E-state index contributed by atoms with van der Waals surface area (Å²) in [5.41, 5.74) is 1.96. The maximum absolute atomic E-state index is 12.2. The molecule has 0 aromatic heterocycles. The number of methoxy groups -OCH3 is 2. The first-order chi connectivity index (χ1) is 14.2. The summed E-state index contributed by atoms with van der Waals surface area (Å²) >= 11 is 0. The summed E-state index contributed by atoms with van der Waals surface area (Å²) in [5, 5.41) is 2.95. The first-order valence-electron chi connectivity index (χ1n) is 9.47. The van der Waals surface area contributed by atoms with Gasteiger partial charge in [0.25, 0.3) is 0 Å². The van der Waals surface area contributed by atoms with Gasteiger partial charge in [0.15, 0.2) is 0 Å². The van der Waals surface area contributed by atoms with Crippen molar-refractivity contribution in [3.63, 3.8) is 0 Å². The number of hydrogen-bond donors (Lipinski definition) is 1. The Labute approximate surface area is 171 Å². The third-order valence-corrected chi connectivity index (χ3v) is 4.50. The fourth-order valence-corrected chi connectivity index (χ4v) is 2.91. The van der Waals surface area contributed by atoms with Crippen molar-refractivity contribution < 1.29 is 19.0 Å². The predicted octanol–water partition coefficient (Wildman–Crippen LogP) is 4.75. The number of aryl methyl sites for hydroxylation is 1. The Morgan fingerprint density at radius 2 is 1.52 bits per heavy atom. The molecule has 5 nitrogen and oxygen atoms in total. The van der Waals surface area contributed by atoms with Crippen LogP contribution in [0.3, 0.4) is 0 Å². The zero-order valence-corrected chi connectivity index (χ0v) is 16.7. The zero-order chi connectivity index (χ0) is 20.5. The summed E-state index contributed by atoms with van der Waals surface area (Å²) in [6.45, 7) is 0.472. The summed E-state index contributed by atoms with van der Waals surface area (Å²) < 4.78 is 16.4. The van der Waals surface area contributed by atoms with Crippen LogP contribution in [0.1, 0.15) is 17.5 Å². The number of hydrogen-bond acceptors (Lipinski definition) is 4. The van der Waals surface area contributed by atoms with Crippen molar-refractivity contribution in [3.05, 3.63) is 83.9 Å². The predicted molar refractivity (Wildman–Crippen MR) is 113 cm³/mol. The minimum Gasteiger partial charge on any atom is -0.497 e. The molecule has 3 aromatic carbocycles. The molecule has 3 aromatic rings. The Morgan fingerprint density at radius 3 is 2.21 bits per heavy atom. The lowest BCUT2D eigenvalue weighted by molar-refractivity contribution is -0.121. The van der Waals surface area contributed by atoms with Gasteiger partial charge in [-0.15, -0.1) is 0 Å². The lowest BCUT2D eigenvalue weighted by atomic mass is 10.1. The highest BCUT2D eigenvalue weighted by molar-refractivity contribution is 5.76. The van der Waals surface area contributed by atoms with E-state index in [1.807, 2.05) is 72.8 Å². The molecule has 5 heteroatoms. The first kappa shape index (κ1) is 20.3. The van der Waals surface area contributed by atoms with Crippen LogP contribution in [-0.2, 0) is 17.8 Å². The molecule has 150 valence electrons. The molecule has 0 aliphatic heterocycles. The number of carbonyl (C=O) groups excluding carboxylic acids is 1. The van der Waals surface area contributed by atoms with Gasteiger partial charge in [-0.1, -0.05) is 30.3 Å². The SMILES string of the molecule is COc1ccc(OC)c(CCC(=O)NCc2ccc(Oc3ccccc3)cc2)c1. The Kier molecular flexibility index (Phi) is 7.11. The average molecular weight is 391 g/mol. The van der Waals surface area contributed by atoms with Crippen LogP contribution in [0, 0.1) is 0 Å². The van der Waals surface area contributed by atoms with Crippen molar-refractivity contribution in [2.24, 2.45) is 0 Å². The molecule has 29 heavy (non-hydrogen) atoms. The number of rotatable bonds is 9. The maximum Gasteiger partial charge on any atom is 0.220 e. The van der Waals surface area contributed by atoms with Gasteiger partial charge in [-0.2, -0.15) is 0 Å². The summed E-state index contributed by atoms with van der Waals surface area (Å²) in [6, 6.07) is 22.9. The van der Waals surface area contributed by atoms with E-state index >= 15 is 0 Å². The Balaban J connectivity index is 1.48. The molecule has 0 saturated heterocycles. The minimum atomic E-state index is -0.0144. The van der Waals surface area contributed by atoms with Crippen LogP contribution in [0.25, 0.3) is 0 Å². The van der Waals surface area contributed by atoms with Gasteiger partial charge in [0, 0.05) is 13.0 Å². The molecule has 0 aliphatic rings. The van der Waals surface area contributed by atoms with Gasteiger partial charge < -0.3 is 19.5 Å². The molecule has 0 bridgehead atoms. The van der Waals surface area contributed by atoms with Gasteiger partial charge in [0.05, 0.1) is 14.2 Å². The Hall–Kier alpha value is -3.47. The summed E-state index contributed by atoms with van der Waals surface area (Å²) in [7, 11) is 3.24. The molecule has 1 amide bonds. The van der Waals surface area contributed by atoms with E-state index in [4.69, 9.17) is 14.2 Å². The molecule has 0 atom stereocenters. The lowest BCUT2D eigenvalue weighted by Crippen LogP contribution is -2.23. The van der Waals surface area contributed by atoms with Crippen LogP contribution in [0.5, 0.6) is 23.0 Å². The minimum absolute atomic E-state index is 0.0144. The average Bonchev–Trinajstić information content (AvgIpc) is 2.77. The summed E-state index contributed by atoms with van der Waals surface area (Å²) in [5.74, 6) is 3.05. The number of benzene rings is 3. The fourth-order valence-electron chi connectivity index (χ4n) is 2.91. The molecule has 0 spiro atoms. The van der Waals surface area contributed by atoms with Crippen molar-refractivity contribution in [2.75, 3.05) is 14.2 Å². The van der Waals surface area contributed by atoms with Gasteiger partial charge in [-0.05, 0) is 60.0 Å². The van der Waals surface area contributed by atoms with E-state index in [1.54, 1.807) is 14.2 Å². The van der Waals surface area contributed by atoms with Crippen molar-refractivity contribution in [1.82, 2.24) is 5.32 Å². The van der Waals surface area contributed by atoms with E-state index < -0.39 is 0 Å². The van der Waals surface area contributed by atoms with Gasteiger partial charge in [0.2, 0.25) is 5.91 Å². The summed E-state index contributed by atoms with van der Waals surface area (Å²) in [4.78, 5) is 12.2. The molecular weight excluding hydrogens is 366 g/mol. The number of nitrogens with one attached hydrogen (secondary N) is 1. The quantitative estimate of drug-likeness (QED) is 0.572. The van der Waals surface area contributed by atoms with Crippen LogP contribution < -0.4 is 19.5 Å². The normalized spacial score (nSPS) is 10.3. The summed E-state index contributed by atoms with van der Waals surface area (Å²) in [6.07, 6.45) is 0.953. The van der Waals surface area contributed by atoms with Crippen molar-refractivity contribution in [2.45, 2.75) is 19.4 Å². The second-order valence-corrected chi connectivity index (χ2v) is 6.51. The molecule has 0 fully saturated rings. The number of ether oxygens (including phenoxy) is 3. The molecule has 3 rings (SSSR count). The smallest absolute Gasteiger partial charge is 0.220 e. The monoisotopic (exact) mass is 391 g/mol. The van der Waals surface area contributed by atoms with Crippen LogP contribution in [0.15, 0.2) is 72.8 Å². The van der Waals surface area contributed by atoms with E-state index in [0.717, 1.165) is 34.1 Å². The van der Waals surface area contributed by atoms with Crippen molar-refractivity contribution in [1.29, 1.82) is 0 Å². The largest absolute Gasteiger partial charge is 0.497 e. The van der Waals surface area contributed by atoms with Crippen LogP contribution in [0.2, 0.25) is 0 Å². The molecular formula is C24H25NO4. The topological polar surface area (TPSA) is 56.8 Å². The van der Waals surface area contributed by atoms with E-state index in [-0.39, 0.29) is 5.91 Å². The van der Waals surface area contributed by atoms with Crippen molar-refractivity contribution in [3.8, 4) is 23.0 Å². The number of amides is 1. The second kappa shape index (κ2) is 10.2. The van der Waals surface area contributed by atoms with E-state index in [2.05, 4.69) is 5.32 Å². The molecule has 0 aliphatic carbocycles. The van der Waals surface area contributed by atoms with Crippen LogP contribution in [0.4, 0.5) is 0 Å². The first-order valence-corrected chi connectivity index (χ1v) is 9.47. The van der Waals surface area contributed by atoms with Gasteiger partial charge >= 0.3 is 0 Å². The molecule has 0 radical (unpaired) electrons. The third kappa shape index (κ3) is 6.01. The van der Waals surface area contributed by atoms with E-state index in [0.29, 0.717) is 19.4 Å². The molecule has 0 heterocycles. The van der Waals surface area contributed by atoms with Crippen LogP contribution >= 0.6 is 0 Å². The Bertz CT molecular complexity index is 923. The highest BCUT2D eigenvalue weighted by atomic mass is 16.5. The highest BCUT2D eigenvalue weighted by Crippen LogP contribution is 2.25.